The predicted octanol–water partition coefficient (Wildman–Crippen LogP) is 3.12. The molecule has 0 unspecified atom stereocenters. The van der Waals surface area contributed by atoms with E-state index < -0.39 is 0 Å². The number of nitrogens with zero attached hydrogens (tertiary/aromatic N) is 4. The molecule has 0 radical (unpaired) electrons. The zero-order chi connectivity index (χ0) is 15.4. The second-order valence-electron chi connectivity index (χ2n) is 5.29. The van der Waals surface area contributed by atoms with Gasteiger partial charge in [-0.1, -0.05) is 28.9 Å². The van der Waals surface area contributed by atoms with Crippen LogP contribution < -0.4 is 0 Å². The lowest BCUT2D eigenvalue weighted by Crippen LogP contribution is -2.43. The molecule has 2 aromatic rings. The minimum Gasteiger partial charge on any atom is -0.359 e. The van der Waals surface area contributed by atoms with E-state index in [1.807, 2.05) is 43.5 Å². The van der Waals surface area contributed by atoms with Crippen LogP contribution in [-0.4, -0.2) is 47.5 Å². The quantitative estimate of drug-likeness (QED) is 0.813. The first-order valence-corrected chi connectivity index (χ1v) is 7.80. The summed E-state index contributed by atoms with van der Waals surface area (Å²) in [6, 6.07) is 9.63. The summed E-state index contributed by atoms with van der Waals surface area (Å²) in [5.74, 6) is 0.877. The van der Waals surface area contributed by atoms with Crippen LogP contribution in [0.3, 0.4) is 0 Å². The van der Waals surface area contributed by atoms with Crippen LogP contribution in [0, 0.1) is 0 Å². The molecule has 5 nitrogen and oxygen atoms in total. The first-order chi connectivity index (χ1) is 10.7. The van der Waals surface area contributed by atoms with Crippen molar-refractivity contribution in [1.29, 1.82) is 0 Å². The van der Waals surface area contributed by atoms with Gasteiger partial charge in [0.25, 0.3) is 0 Å². The Morgan fingerprint density at radius 2 is 2.09 bits per heavy atom. The van der Waals surface area contributed by atoms with Crippen LogP contribution in [0.15, 0.2) is 40.0 Å². The molecule has 1 fully saturated rings. The maximum atomic E-state index is 6.01. The number of hydrazone groups is 1. The summed E-state index contributed by atoms with van der Waals surface area (Å²) in [7, 11) is 0. The highest BCUT2D eigenvalue weighted by Gasteiger charge is 2.17. The van der Waals surface area contributed by atoms with Gasteiger partial charge in [0.2, 0.25) is 0 Å². The number of benzene rings is 1. The Bertz CT molecular complexity index is 647. The molecule has 2 heterocycles. The van der Waals surface area contributed by atoms with Crippen molar-refractivity contribution in [1.82, 2.24) is 15.1 Å². The average Bonchev–Trinajstić information content (AvgIpc) is 2.98. The first-order valence-electron chi connectivity index (χ1n) is 7.42. The standard InChI is InChI=1S/C16H19ClN4O/c1-2-18-21-8-6-20(7-9-21)12-15-11-16(19-22-15)13-4-3-5-14(17)10-13/h2-5,10-11H,6-9,12H2,1H3/b18-2-. The van der Waals surface area contributed by atoms with E-state index in [-0.39, 0.29) is 0 Å². The topological polar surface area (TPSA) is 44.9 Å². The molecule has 1 aromatic carbocycles. The fourth-order valence-corrected chi connectivity index (χ4v) is 2.76. The van der Waals surface area contributed by atoms with Gasteiger partial charge in [-0.2, -0.15) is 5.10 Å². The molecule has 0 spiro atoms. The molecule has 1 aliphatic rings. The molecular formula is C16H19ClN4O. The maximum absolute atomic E-state index is 6.01. The van der Waals surface area contributed by atoms with Gasteiger partial charge in [0, 0.05) is 49.0 Å². The lowest BCUT2D eigenvalue weighted by molar-refractivity contribution is 0.122. The van der Waals surface area contributed by atoms with Crippen molar-refractivity contribution in [2.75, 3.05) is 26.2 Å². The zero-order valence-corrected chi connectivity index (χ0v) is 13.3. The molecule has 116 valence electrons. The number of piperazine rings is 1. The lowest BCUT2D eigenvalue weighted by atomic mass is 10.1. The smallest absolute Gasteiger partial charge is 0.151 e. The molecule has 0 saturated carbocycles. The highest BCUT2D eigenvalue weighted by molar-refractivity contribution is 6.30. The summed E-state index contributed by atoms with van der Waals surface area (Å²) in [5, 5.41) is 11.2. The molecule has 22 heavy (non-hydrogen) atoms. The second kappa shape index (κ2) is 6.94. The van der Waals surface area contributed by atoms with Gasteiger partial charge in [0.15, 0.2) is 5.76 Å². The van der Waals surface area contributed by atoms with Crippen LogP contribution in [0.2, 0.25) is 5.02 Å². The summed E-state index contributed by atoms with van der Waals surface area (Å²) < 4.78 is 5.46. The SMILES string of the molecule is C/C=N\N1CCN(Cc2cc(-c3cccc(Cl)c3)no2)CC1. The second-order valence-corrected chi connectivity index (χ2v) is 5.73. The van der Waals surface area contributed by atoms with Gasteiger partial charge in [-0.3, -0.25) is 9.91 Å². The third kappa shape index (κ3) is 3.67. The molecule has 0 bridgehead atoms. The number of hydrogen-bond donors (Lipinski definition) is 0. The van der Waals surface area contributed by atoms with E-state index in [4.69, 9.17) is 16.1 Å². The van der Waals surface area contributed by atoms with E-state index in [1.54, 1.807) is 0 Å². The molecule has 0 aliphatic carbocycles. The molecule has 0 N–H and O–H groups in total. The van der Waals surface area contributed by atoms with Crippen LogP contribution in [0.5, 0.6) is 0 Å². The Morgan fingerprint density at radius 1 is 1.27 bits per heavy atom. The number of hydrogen-bond acceptors (Lipinski definition) is 5. The Hall–Kier alpha value is -1.85. The van der Waals surface area contributed by atoms with E-state index in [0.29, 0.717) is 5.02 Å². The monoisotopic (exact) mass is 318 g/mol. The summed E-state index contributed by atoms with van der Waals surface area (Å²) in [4.78, 5) is 2.35. The van der Waals surface area contributed by atoms with Crippen molar-refractivity contribution in [3.8, 4) is 11.3 Å². The maximum Gasteiger partial charge on any atom is 0.151 e. The van der Waals surface area contributed by atoms with Crippen LogP contribution in [0.25, 0.3) is 11.3 Å². The third-order valence-corrected chi connectivity index (χ3v) is 3.92. The van der Waals surface area contributed by atoms with E-state index in [1.165, 1.54) is 0 Å². The minimum absolute atomic E-state index is 0.703. The molecule has 3 rings (SSSR count). The molecule has 0 atom stereocenters. The lowest BCUT2D eigenvalue weighted by Gasteiger charge is -2.32. The third-order valence-electron chi connectivity index (χ3n) is 3.69. The Balaban J connectivity index is 1.61. The van der Waals surface area contributed by atoms with Crippen LogP contribution in [0.4, 0.5) is 0 Å². The number of halogens is 1. The van der Waals surface area contributed by atoms with Crippen molar-refractivity contribution in [2.45, 2.75) is 13.5 Å². The Kier molecular flexibility index (Phi) is 4.75. The normalized spacial score (nSPS) is 16.5. The summed E-state index contributed by atoms with van der Waals surface area (Å²) in [6.45, 7) is 6.56. The Morgan fingerprint density at radius 3 is 2.82 bits per heavy atom. The van der Waals surface area contributed by atoms with Crippen molar-refractivity contribution < 1.29 is 4.52 Å². The zero-order valence-electron chi connectivity index (χ0n) is 12.6. The summed E-state index contributed by atoms with van der Waals surface area (Å²) in [6.07, 6.45) is 1.84. The van der Waals surface area contributed by atoms with Gasteiger partial charge in [0.05, 0.1) is 6.54 Å². The van der Waals surface area contributed by atoms with Crippen molar-refractivity contribution in [2.24, 2.45) is 5.10 Å². The van der Waals surface area contributed by atoms with Gasteiger partial charge < -0.3 is 4.52 Å². The predicted molar refractivity (Wildman–Crippen MR) is 88.0 cm³/mol. The fraction of sp³-hybridized carbons (Fsp3) is 0.375. The molecule has 1 aliphatic heterocycles. The highest BCUT2D eigenvalue weighted by atomic mass is 35.5. The van der Waals surface area contributed by atoms with Crippen molar-refractivity contribution >= 4 is 17.8 Å². The van der Waals surface area contributed by atoms with Crippen molar-refractivity contribution in [3.63, 3.8) is 0 Å². The van der Waals surface area contributed by atoms with Gasteiger partial charge in [-0.05, 0) is 19.1 Å². The number of aromatic nitrogens is 1. The van der Waals surface area contributed by atoms with Gasteiger partial charge in [-0.25, -0.2) is 0 Å². The number of rotatable bonds is 4. The minimum atomic E-state index is 0.703. The fourth-order valence-electron chi connectivity index (χ4n) is 2.57. The van der Waals surface area contributed by atoms with Crippen molar-refractivity contribution in [3.05, 3.63) is 41.1 Å². The summed E-state index contributed by atoms with van der Waals surface area (Å²) in [5.41, 5.74) is 1.80. The highest BCUT2D eigenvalue weighted by Crippen LogP contribution is 2.23. The van der Waals surface area contributed by atoms with E-state index in [9.17, 15) is 0 Å². The first kappa shape index (κ1) is 15.1. The molecule has 6 heteroatoms. The van der Waals surface area contributed by atoms with Gasteiger partial charge in [-0.15, -0.1) is 0 Å². The van der Waals surface area contributed by atoms with Gasteiger partial charge >= 0.3 is 0 Å². The molecule has 1 saturated heterocycles. The molecular weight excluding hydrogens is 300 g/mol. The molecule has 1 aromatic heterocycles. The van der Waals surface area contributed by atoms with E-state index in [0.717, 1.165) is 49.7 Å². The average molecular weight is 319 g/mol. The van der Waals surface area contributed by atoms with Gasteiger partial charge in [0.1, 0.15) is 5.69 Å². The van der Waals surface area contributed by atoms with Crippen LogP contribution in [0.1, 0.15) is 12.7 Å². The van der Waals surface area contributed by atoms with Crippen LogP contribution >= 0.6 is 11.6 Å². The van der Waals surface area contributed by atoms with E-state index in [2.05, 4.69) is 20.2 Å². The van der Waals surface area contributed by atoms with Crippen LogP contribution in [-0.2, 0) is 6.54 Å². The Labute approximate surface area is 135 Å². The largest absolute Gasteiger partial charge is 0.359 e. The summed E-state index contributed by atoms with van der Waals surface area (Å²) >= 11 is 6.01. The molecule has 0 amide bonds. The van der Waals surface area contributed by atoms with E-state index >= 15 is 0 Å².